The van der Waals surface area contributed by atoms with Crippen LogP contribution in [0.4, 0.5) is 13.2 Å². The lowest BCUT2D eigenvalue weighted by molar-refractivity contribution is -0.274. The quantitative estimate of drug-likeness (QED) is 0.765. The molecule has 0 aliphatic rings. The van der Waals surface area contributed by atoms with Crippen molar-refractivity contribution in [1.82, 2.24) is 10.2 Å². The third kappa shape index (κ3) is 3.28. The highest BCUT2D eigenvalue weighted by molar-refractivity contribution is 5.68. The van der Waals surface area contributed by atoms with Gasteiger partial charge in [0.05, 0.1) is 11.4 Å². The number of halogens is 3. The third-order valence-corrected chi connectivity index (χ3v) is 3.05. The largest absolute Gasteiger partial charge is 0.573 e. The average Bonchev–Trinajstić information content (AvgIpc) is 2.97. The van der Waals surface area contributed by atoms with Crippen molar-refractivity contribution in [2.45, 2.75) is 6.36 Å². The minimum absolute atomic E-state index is 0.251. The third-order valence-electron chi connectivity index (χ3n) is 3.05. The number of hydrogen-bond acceptors (Lipinski definition) is 2. The minimum Gasteiger partial charge on any atom is -0.406 e. The number of alkyl halides is 3. The molecule has 2 aromatic carbocycles. The van der Waals surface area contributed by atoms with Crippen molar-refractivity contribution in [1.29, 1.82) is 0 Å². The Morgan fingerprint density at radius 3 is 2.18 bits per heavy atom. The lowest BCUT2D eigenvalue weighted by Gasteiger charge is -2.08. The van der Waals surface area contributed by atoms with Crippen molar-refractivity contribution in [3.05, 3.63) is 60.7 Å². The van der Waals surface area contributed by atoms with Gasteiger partial charge in [-0.1, -0.05) is 30.3 Å². The van der Waals surface area contributed by atoms with Crippen molar-refractivity contribution < 1.29 is 17.9 Å². The van der Waals surface area contributed by atoms with Gasteiger partial charge in [-0.25, -0.2) is 0 Å². The first kappa shape index (κ1) is 14.2. The average molecular weight is 304 g/mol. The van der Waals surface area contributed by atoms with E-state index in [1.165, 1.54) is 12.1 Å². The number of aromatic amines is 1. The standard InChI is InChI=1S/C16H11F3N2O/c17-16(18,19)22-13-8-6-12(7-9-13)15-10-14(20-21-15)11-4-2-1-3-5-11/h1-10H,(H,20,21). The predicted octanol–water partition coefficient (Wildman–Crippen LogP) is 4.64. The Kier molecular flexibility index (Phi) is 3.58. The smallest absolute Gasteiger partial charge is 0.406 e. The summed E-state index contributed by atoms with van der Waals surface area (Å²) in [4.78, 5) is 0. The van der Waals surface area contributed by atoms with Gasteiger partial charge in [0.25, 0.3) is 0 Å². The number of ether oxygens (including phenoxy) is 1. The van der Waals surface area contributed by atoms with Crippen LogP contribution in [0, 0.1) is 0 Å². The Morgan fingerprint density at radius 2 is 1.55 bits per heavy atom. The molecule has 1 N–H and O–H groups in total. The molecule has 0 saturated carbocycles. The van der Waals surface area contributed by atoms with Crippen molar-refractivity contribution >= 4 is 0 Å². The summed E-state index contributed by atoms with van der Waals surface area (Å²) in [5.74, 6) is -0.251. The zero-order valence-electron chi connectivity index (χ0n) is 11.3. The summed E-state index contributed by atoms with van der Waals surface area (Å²) < 4.78 is 40.2. The van der Waals surface area contributed by atoms with Crippen LogP contribution in [0.15, 0.2) is 60.7 Å². The van der Waals surface area contributed by atoms with Gasteiger partial charge < -0.3 is 4.74 Å². The summed E-state index contributed by atoms with van der Waals surface area (Å²) in [5, 5.41) is 7.08. The van der Waals surface area contributed by atoms with Gasteiger partial charge in [-0.3, -0.25) is 5.10 Å². The number of rotatable bonds is 3. The molecule has 0 bridgehead atoms. The van der Waals surface area contributed by atoms with Crippen LogP contribution in [-0.4, -0.2) is 16.6 Å². The number of benzene rings is 2. The van der Waals surface area contributed by atoms with Crippen LogP contribution in [0.3, 0.4) is 0 Å². The second-order valence-corrected chi connectivity index (χ2v) is 4.61. The summed E-state index contributed by atoms with van der Waals surface area (Å²) in [7, 11) is 0. The molecule has 0 unspecified atom stereocenters. The maximum atomic E-state index is 12.1. The molecule has 0 atom stereocenters. The molecule has 0 amide bonds. The van der Waals surface area contributed by atoms with E-state index in [1.54, 1.807) is 12.1 Å². The van der Waals surface area contributed by atoms with E-state index in [-0.39, 0.29) is 5.75 Å². The number of hydrogen-bond donors (Lipinski definition) is 1. The highest BCUT2D eigenvalue weighted by Crippen LogP contribution is 2.27. The van der Waals surface area contributed by atoms with Crippen LogP contribution in [0.25, 0.3) is 22.5 Å². The molecule has 1 heterocycles. The van der Waals surface area contributed by atoms with Gasteiger partial charge in [0.1, 0.15) is 5.75 Å². The molecule has 0 fully saturated rings. The van der Waals surface area contributed by atoms with Crippen molar-refractivity contribution in [3.8, 4) is 28.3 Å². The van der Waals surface area contributed by atoms with E-state index in [0.717, 1.165) is 22.5 Å². The maximum Gasteiger partial charge on any atom is 0.573 e. The number of H-pyrrole nitrogens is 1. The normalized spacial score (nSPS) is 11.4. The Morgan fingerprint density at radius 1 is 0.864 bits per heavy atom. The fourth-order valence-electron chi connectivity index (χ4n) is 2.06. The van der Waals surface area contributed by atoms with Crippen LogP contribution in [0.5, 0.6) is 5.75 Å². The topological polar surface area (TPSA) is 37.9 Å². The molecule has 0 saturated heterocycles. The lowest BCUT2D eigenvalue weighted by Crippen LogP contribution is -2.16. The first-order chi connectivity index (χ1) is 10.5. The zero-order valence-corrected chi connectivity index (χ0v) is 11.3. The summed E-state index contributed by atoms with van der Waals surface area (Å²) in [6.07, 6.45) is -4.68. The monoisotopic (exact) mass is 304 g/mol. The zero-order chi connectivity index (χ0) is 15.6. The first-order valence-corrected chi connectivity index (χ1v) is 6.48. The van der Waals surface area contributed by atoms with E-state index in [9.17, 15) is 13.2 Å². The molecular weight excluding hydrogens is 293 g/mol. The summed E-state index contributed by atoms with van der Waals surface area (Å²) in [6, 6.07) is 17.1. The van der Waals surface area contributed by atoms with E-state index in [4.69, 9.17) is 0 Å². The van der Waals surface area contributed by atoms with E-state index in [1.807, 2.05) is 36.4 Å². The number of nitrogens with zero attached hydrogens (tertiary/aromatic N) is 1. The SMILES string of the molecule is FC(F)(F)Oc1ccc(-c2cc(-c3ccccc3)n[nH]2)cc1. The second kappa shape index (κ2) is 5.55. The molecule has 112 valence electrons. The van der Waals surface area contributed by atoms with Crippen molar-refractivity contribution in [3.63, 3.8) is 0 Å². The molecule has 22 heavy (non-hydrogen) atoms. The molecule has 3 aromatic rings. The van der Waals surface area contributed by atoms with E-state index >= 15 is 0 Å². The Balaban J connectivity index is 1.82. The van der Waals surface area contributed by atoms with E-state index in [2.05, 4.69) is 14.9 Å². The first-order valence-electron chi connectivity index (χ1n) is 6.48. The van der Waals surface area contributed by atoms with Gasteiger partial charge in [-0.05, 0) is 35.9 Å². The van der Waals surface area contributed by atoms with Gasteiger partial charge in [-0.2, -0.15) is 5.10 Å². The van der Waals surface area contributed by atoms with Gasteiger partial charge in [0.2, 0.25) is 0 Å². The Labute approximate surface area is 124 Å². The number of aromatic nitrogens is 2. The van der Waals surface area contributed by atoms with E-state index < -0.39 is 6.36 Å². The molecule has 3 nitrogen and oxygen atoms in total. The van der Waals surface area contributed by atoms with Gasteiger partial charge in [-0.15, -0.1) is 13.2 Å². The molecule has 6 heteroatoms. The fourth-order valence-corrected chi connectivity index (χ4v) is 2.06. The van der Waals surface area contributed by atoms with Gasteiger partial charge in [0.15, 0.2) is 0 Å². The molecule has 1 aromatic heterocycles. The highest BCUT2D eigenvalue weighted by Gasteiger charge is 2.30. The molecular formula is C16H11F3N2O. The fraction of sp³-hybridized carbons (Fsp3) is 0.0625. The van der Waals surface area contributed by atoms with Crippen LogP contribution in [0.2, 0.25) is 0 Å². The molecule has 0 radical (unpaired) electrons. The molecule has 0 aliphatic carbocycles. The highest BCUT2D eigenvalue weighted by atomic mass is 19.4. The van der Waals surface area contributed by atoms with Gasteiger partial charge >= 0.3 is 6.36 Å². The van der Waals surface area contributed by atoms with Crippen molar-refractivity contribution in [2.24, 2.45) is 0 Å². The molecule has 3 rings (SSSR count). The predicted molar refractivity (Wildman–Crippen MR) is 76.1 cm³/mol. The Hall–Kier alpha value is -2.76. The number of nitrogens with one attached hydrogen (secondary N) is 1. The molecule has 0 spiro atoms. The summed E-state index contributed by atoms with van der Waals surface area (Å²) in [6.45, 7) is 0. The minimum atomic E-state index is -4.68. The summed E-state index contributed by atoms with van der Waals surface area (Å²) in [5.41, 5.74) is 3.18. The van der Waals surface area contributed by atoms with Gasteiger partial charge in [0, 0.05) is 5.56 Å². The van der Waals surface area contributed by atoms with E-state index in [0.29, 0.717) is 0 Å². The van der Waals surface area contributed by atoms with Crippen LogP contribution >= 0.6 is 0 Å². The van der Waals surface area contributed by atoms with Crippen LogP contribution in [0.1, 0.15) is 0 Å². The maximum absolute atomic E-state index is 12.1. The van der Waals surface area contributed by atoms with Crippen LogP contribution < -0.4 is 4.74 Å². The Bertz CT molecular complexity index is 749. The second-order valence-electron chi connectivity index (χ2n) is 4.61. The van der Waals surface area contributed by atoms with Crippen LogP contribution in [-0.2, 0) is 0 Å². The molecule has 0 aliphatic heterocycles. The summed E-state index contributed by atoms with van der Waals surface area (Å²) >= 11 is 0. The van der Waals surface area contributed by atoms with Crippen molar-refractivity contribution in [2.75, 3.05) is 0 Å². The lowest BCUT2D eigenvalue weighted by atomic mass is 10.1.